The summed E-state index contributed by atoms with van der Waals surface area (Å²) in [5.41, 5.74) is 2.17. The molecule has 1 saturated carbocycles. The minimum atomic E-state index is -3.33. The number of methoxy groups -OCH3 is 3. The van der Waals surface area contributed by atoms with Gasteiger partial charge in [-0.3, -0.25) is 18.9 Å². The Balaban J connectivity index is 1.68. The Kier molecular flexibility index (Phi) is 25.2. The summed E-state index contributed by atoms with van der Waals surface area (Å²) in [6.07, 6.45) is 14.3. The molecule has 0 aromatic carbocycles. The molecule has 16 heteroatoms. The highest BCUT2D eigenvalue weighted by Crippen LogP contribution is 2.49. The van der Waals surface area contributed by atoms with Crippen LogP contribution in [0.3, 0.4) is 0 Å². The molecule has 3 aliphatic heterocycles. The molecule has 2 N–H and O–H groups in total. The predicted molar refractivity (Wildman–Crippen MR) is 283 cm³/mol. The molecule has 414 valence electrons. The molecular formula is C57H92NO14P. The number of ketones is 2. The number of hydrogen-bond donors (Lipinski definition) is 2. The number of allylic oxidation sites excluding steroid dienone is 6. The van der Waals surface area contributed by atoms with Gasteiger partial charge in [-0.05, 0) is 125 Å². The maximum atomic E-state index is 14.6. The van der Waals surface area contributed by atoms with Gasteiger partial charge in [-0.15, -0.1) is 0 Å². The fourth-order valence-electron chi connectivity index (χ4n) is 11.0. The molecule has 73 heavy (non-hydrogen) atoms. The van der Waals surface area contributed by atoms with Crippen LogP contribution in [-0.4, -0.2) is 134 Å². The molecule has 4 aliphatic rings. The number of nitrogens with zero attached hydrogens (tertiary/aromatic N) is 1. The number of rotatable bonds is 12. The zero-order valence-electron chi connectivity index (χ0n) is 46.3. The lowest BCUT2D eigenvalue weighted by atomic mass is 9.78. The molecule has 15 nitrogen and oxygen atoms in total. The molecule has 0 aromatic heterocycles. The smallest absolute Gasteiger partial charge is 0.329 e. The number of carbonyl (C=O) groups is 4. The van der Waals surface area contributed by atoms with E-state index in [1.807, 2.05) is 45.1 Å². The monoisotopic (exact) mass is 1050 g/mol. The summed E-state index contributed by atoms with van der Waals surface area (Å²) in [5, 5.41) is 23.7. The van der Waals surface area contributed by atoms with Crippen LogP contribution in [0.15, 0.2) is 59.8 Å². The second kappa shape index (κ2) is 29.4. The number of carbonyl (C=O) groups excluding carboxylic acids is 4. The van der Waals surface area contributed by atoms with E-state index in [2.05, 4.69) is 26.5 Å². The molecule has 16 atom stereocenters. The number of Topliss-reactive ketones (excluding diaryl/α,β-unsaturated/α-hetero) is 2. The molecule has 3 unspecified atom stereocenters. The molecule has 0 spiro atoms. The minimum Gasteiger partial charge on any atom is -0.460 e. The van der Waals surface area contributed by atoms with Crippen LogP contribution >= 0.6 is 7.60 Å². The average Bonchev–Trinajstić information content (AvgIpc) is 3.35. The second-order valence-corrected chi connectivity index (χ2v) is 23.8. The lowest BCUT2D eigenvalue weighted by Gasteiger charge is -2.42. The second-order valence-electron chi connectivity index (χ2n) is 21.8. The number of amides is 1. The maximum Gasteiger partial charge on any atom is 0.329 e. The molecule has 2 saturated heterocycles. The summed E-state index contributed by atoms with van der Waals surface area (Å²) in [6, 6.07) is -1.15. The first-order chi connectivity index (χ1) is 34.5. The SMILES string of the molecule is C=C1[C@H](C)C[C@H](C)/C=C/C=C/C=C(\C)[C@@H](OC)C[C@@H]2CC[C@@H](C)C(O)(O2)C(=O)C(=O)N2CCCCC2C(=O)O[C@H]([C@H](C)C[C@@H]2CC[C@@H](OP(C)(=O)OCCCC)[C@H](OC)C2)CC(=O)[C@H](C)/C=C(\C)[C@@H](O)[C@H]1OC. The van der Waals surface area contributed by atoms with Crippen LogP contribution < -0.4 is 0 Å². The number of aliphatic hydroxyl groups excluding tert-OH is 1. The van der Waals surface area contributed by atoms with E-state index in [4.69, 9.17) is 32.7 Å². The summed E-state index contributed by atoms with van der Waals surface area (Å²) in [7, 11) is 1.40. The molecule has 0 radical (unpaired) electrons. The predicted octanol–water partition coefficient (Wildman–Crippen LogP) is 9.83. The Morgan fingerprint density at radius 1 is 0.904 bits per heavy atom. The van der Waals surface area contributed by atoms with E-state index in [0.717, 1.165) is 30.4 Å². The van der Waals surface area contributed by atoms with Crippen molar-refractivity contribution in [1.29, 1.82) is 0 Å². The number of fused-ring (bicyclic) bond motifs is 3. The largest absolute Gasteiger partial charge is 0.460 e. The summed E-state index contributed by atoms with van der Waals surface area (Å²) in [5.74, 6) is -7.09. The topological polar surface area (TPSA) is 194 Å². The molecule has 1 amide bonds. The third-order valence-corrected chi connectivity index (χ3v) is 17.1. The van der Waals surface area contributed by atoms with Crippen molar-refractivity contribution in [3.63, 3.8) is 0 Å². The first-order valence-electron chi connectivity index (χ1n) is 27.0. The van der Waals surface area contributed by atoms with E-state index >= 15 is 0 Å². The van der Waals surface area contributed by atoms with Crippen LogP contribution in [0, 0.1) is 35.5 Å². The van der Waals surface area contributed by atoms with Crippen LogP contribution in [0.1, 0.15) is 145 Å². The summed E-state index contributed by atoms with van der Waals surface area (Å²) >= 11 is 0. The van der Waals surface area contributed by atoms with Crippen molar-refractivity contribution >= 4 is 31.0 Å². The van der Waals surface area contributed by atoms with Gasteiger partial charge in [0.05, 0.1) is 31.0 Å². The summed E-state index contributed by atoms with van der Waals surface area (Å²) in [6.45, 7) is 21.5. The van der Waals surface area contributed by atoms with Gasteiger partial charge in [0.1, 0.15) is 30.1 Å². The van der Waals surface area contributed by atoms with Gasteiger partial charge in [-0.25, -0.2) is 4.79 Å². The summed E-state index contributed by atoms with van der Waals surface area (Å²) in [4.78, 5) is 58.9. The van der Waals surface area contributed by atoms with Crippen LogP contribution in [-0.2, 0) is 56.5 Å². The van der Waals surface area contributed by atoms with E-state index in [1.165, 1.54) is 18.7 Å². The van der Waals surface area contributed by atoms with Gasteiger partial charge in [0.25, 0.3) is 11.7 Å². The fraction of sp³-hybridized carbons (Fsp3) is 0.754. The molecule has 1 aliphatic carbocycles. The van der Waals surface area contributed by atoms with Crippen LogP contribution in [0.4, 0.5) is 0 Å². The highest BCUT2D eigenvalue weighted by atomic mass is 31.2. The lowest BCUT2D eigenvalue weighted by Crippen LogP contribution is -2.61. The molecule has 0 aromatic rings. The van der Waals surface area contributed by atoms with Gasteiger partial charge in [-0.2, -0.15) is 0 Å². The number of aliphatic hydroxyl groups is 2. The van der Waals surface area contributed by atoms with E-state index in [0.29, 0.717) is 70.0 Å². The fourth-order valence-corrected chi connectivity index (χ4v) is 12.2. The van der Waals surface area contributed by atoms with E-state index in [-0.39, 0.29) is 54.9 Å². The van der Waals surface area contributed by atoms with Crippen molar-refractivity contribution in [3.8, 4) is 0 Å². The number of hydrogen-bond acceptors (Lipinski definition) is 14. The Labute approximate surface area is 437 Å². The van der Waals surface area contributed by atoms with Crippen LogP contribution in [0.2, 0.25) is 0 Å². The van der Waals surface area contributed by atoms with Crippen LogP contribution in [0.5, 0.6) is 0 Å². The zero-order valence-corrected chi connectivity index (χ0v) is 47.2. The number of ether oxygens (including phenoxy) is 5. The van der Waals surface area contributed by atoms with E-state index < -0.39 is 85.5 Å². The van der Waals surface area contributed by atoms with Gasteiger partial charge in [0, 0.05) is 59.2 Å². The van der Waals surface area contributed by atoms with Crippen molar-refractivity contribution in [2.75, 3.05) is 41.1 Å². The molecule has 2 bridgehead atoms. The van der Waals surface area contributed by atoms with Crippen molar-refractivity contribution < 1.29 is 66.7 Å². The van der Waals surface area contributed by atoms with Gasteiger partial charge < -0.3 is 47.8 Å². The van der Waals surface area contributed by atoms with E-state index in [1.54, 1.807) is 41.1 Å². The van der Waals surface area contributed by atoms with Crippen molar-refractivity contribution in [3.05, 3.63) is 59.8 Å². The van der Waals surface area contributed by atoms with Crippen LogP contribution in [0.25, 0.3) is 0 Å². The number of cyclic esters (lactones) is 1. The Hall–Kier alpha value is -3.11. The van der Waals surface area contributed by atoms with E-state index in [9.17, 15) is 34.0 Å². The highest BCUT2D eigenvalue weighted by molar-refractivity contribution is 7.53. The van der Waals surface area contributed by atoms with Crippen molar-refractivity contribution in [1.82, 2.24) is 4.90 Å². The first-order valence-corrected chi connectivity index (χ1v) is 29.0. The van der Waals surface area contributed by atoms with Gasteiger partial charge >= 0.3 is 13.6 Å². The van der Waals surface area contributed by atoms with Gasteiger partial charge in [0.15, 0.2) is 0 Å². The quantitative estimate of drug-likeness (QED) is 0.0617. The minimum absolute atomic E-state index is 0.0133. The number of piperidine rings is 1. The zero-order chi connectivity index (χ0) is 54.2. The maximum absolute atomic E-state index is 14.6. The molecule has 4 rings (SSSR count). The number of unbranched alkanes of at least 4 members (excludes halogenated alkanes) is 1. The van der Waals surface area contributed by atoms with Crippen molar-refractivity contribution in [2.24, 2.45) is 35.5 Å². The molecule has 3 fully saturated rings. The number of esters is 1. The Bertz CT molecular complexity index is 2020. The third kappa shape index (κ3) is 17.7. The standard InChI is InChI=1S/C57H92NO14P/c1-14-15-29-69-73(13,65)72-48-27-25-44(33-51(48)67-11)32-40(6)50-35-47(59)39(5)31-41(7)52(60)53(68-12)43(9)38(4)30-36(2)21-17-16-18-22-37(3)49(66-10)34-45-26-24-42(8)57(64,71-45)54(61)55(62)58-28-20-19-23-46(58)56(63)70-50/h16-18,21-22,31,36,38-40,42,44-46,48-53,60,64H,9,14-15,19-20,23-30,32-35H2,1-8,10-13H3/b18-16+,21-17+,37-22+,41-31+/t36-,38-,39-,40-,42-,44+,45+,46?,48-,49+,50+,51-,52-,53+,57?,73?/m1/s1. The summed E-state index contributed by atoms with van der Waals surface area (Å²) < 4.78 is 55.1. The van der Waals surface area contributed by atoms with Gasteiger partial charge in [0.2, 0.25) is 5.79 Å². The van der Waals surface area contributed by atoms with Gasteiger partial charge in [-0.1, -0.05) is 91.0 Å². The Morgan fingerprint density at radius 3 is 2.30 bits per heavy atom. The Morgan fingerprint density at radius 2 is 1.63 bits per heavy atom. The molecule has 3 heterocycles. The first kappa shape index (κ1) is 62.4. The highest BCUT2D eigenvalue weighted by Gasteiger charge is 2.53. The lowest BCUT2D eigenvalue weighted by molar-refractivity contribution is -0.265. The molecular weight excluding hydrogens is 954 g/mol. The third-order valence-electron chi connectivity index (χ3n) is 15.8. The normalized spacial score (nSPS) is 38.2. The average molecular weight is 1050 g/mol. The van der Waals surface area contributed by atoms with Crippen molar-refractivity contribution in [2.45, 2.75) is 200 Å².